The van der Waals surface area contributed by atoms with Crippen LogP contribution in [0.5, 0.6) is 11.5 Å². The summed E-state index contributed by atoms with van der Waals surface area (Å²) in [6.07, 6.45) is 0. The number of carbonyl (C=O) groups is 2. The van der Waals surface area contributed by atoms with Crippen LogP contribution in [-0.4, -0.2) is 31.7 Å². The Labute approximate surface area is 170 Å². The van der Waals surface area contributed by atoms with E-state index in [1.54, 1.807) is 25.1 Å². The van der Waals surface area contributed by atoms with Crippen molar-refractivity contribution in [1.82, 2.24) is 5.32 Å². The van der Waals surface area contributed by atoms with Crippen molar-refractivity contribution in [3.63, 3.8) is 0 Å². The number of ether oxygens (including phenoxy) is 3. The molecular formula is C22H26N2O5. The summed E-state index contributed by atoms with van der Waals surface area (Å²) in [7, 11) is 0. The molecule has 7 heteroatoms. The topological polar surface area (TPSA) is 99.9 Å². The van der Waals surface area contributed by atoms with Crippen molar-refractivity contribution >= 4 is 17.6 Å². The summed E-state index contributed by atoms with van der Waals surface area (Å²) < 4.78 is 16.3. The molecule has 0 unspecified atom stereocenters. The molecule has 1 amide bonds. The number of aryl methyl sites for hydroxylation is 1. The van der Waals surface area contributed by atoms with Crippen LogP contribution < -0.4 is 20.5 Å². The van der Waals surface area contributed by atoms with E-state index >= 15 is 0 Å². The Kier molecular flexibility index (Phi) is 6.26. The Morgan fingerprint density at radius 3 is 2.59 bits per heavy atom. The van der Waals surface area contributed by atoms with Gasteiger partial charge in [0.1, 0.15) is 13.2 Å². The van der Waals surface area contributed by atoms with Crippen molar-refractivity contribution in [3.8, 4) is 11.5 Å². The second kappa shape index (κ2) is 8.86. The molecule has 0 fully saturated rings. The molecule has 0 bridgehead atoms. The maximum atomic E-state index is 12.4. The highest BCUT2D eigenvalue weighted by Gasteiger charge is 2.22. The average Bonchev–Trinajstić information content (AvgIpc) is 2.71. The van der Waals surface area contributed by atoms with E-state index < -0.39 is 11.9 Å². The summed E-state index contributed by atoms with van der Waals surface area (Å²) in [5.41, 5.74) is 8.20. The first kappa shape index (κ1) is 20.5. The lowest BCUT2D eigenvalue weighted by Crippen LogP contribution is -2.35. The molecule has 0 saturated heterocycles. The van der Waals surface area contributed by atoms with Gasteiger partial charge in [-0.25, -0.2) is 4.79 Å². The normalized spacial score (nSPS) is 13.7. The van der Waals surface area contributed by atoms with Crippen molar-refractivity contribution in [2.75, 3.05) is 25.6 Å². The number of fused-ring (bicyclic) bond motifs is 1. The molecule has 1 aliphatic rings. The van der Waals surface area contributed by atoms with Gasteiger partial charge in [0, 0.05) is 5.69 Å². The monoisotopic (exact) mass is 398 g/mol. The Hall–Kier alpha value is -3.22. The van der Waals surface area contributed by atoms with E-state index in [1.807, 2.05) is 32.0 Å². The summed E-state index contributed by atoms with van der Waals surface area (Å²) in [5.74, 6) is 0.457. The number of amides is 1. The van der Waals surface area contributed by atoms with Gasteiger partial charge in [0.15, 0.2) is 18.1 Å². The third kappa shape index (κ3) is 4.80. The maximum absolute atomic E-state index is 12.4. The number of nitrogens with one attached hydrogen (secondary N) is 1. The summed E-state index contributed by atoms with van der Waals surface area (Å²) in [4.78, 5) is 24.7. The largest absolute Gasteiger partial charge is 0.486 e. The van der Waals surface area contributed by atoms with Crippen LogP contribution in [0.1, 0.15) is 41.4 Å². The predicted octanol–water partition coefficient (Wildman–Crippen LogP) is 3.02. The van der Waals surface area contributed by atoms with Crippen LogP contribution in [0.2, 0.25) is 0 Å². The lowest BCUT2D eigenvalue weighted by Gasteiger charge is -2.25. The van der Waals surface area contributed by atoms with Gasteiger partial charge < -0.3 is 25.3 Å². The molecule has 1 aliphatic heterocycles. The highest BCUT2D eigenvalue weighted by Crippen LogP contribution is 2.34. The number of anilines is 1. The number of benzene rings is 2. The summed E-state index contributed by atoms with van der Waals surface area (Å²) in [6.45, 7) is 6.43. The van der Waals surface area contributed by atoms with Crippen LogP contribution in [0.3, 0.4) is 0 Å². The molecule has 2 aromatic carbocycles. The van der Waals surface area contributed by atoms with Crippen molar-refractivity contribution < 1.29 is 23.8 Å². The molecule has 2 aromatic rings. The van der Waals surface area contributed by atoms with Gasteiger partial charge in [0.25, 0.3) is 5.91 Å². The zero-order chi connectivity index (χ0) is 21.0. The first-order valence-corrected chi connectivity index (χ1v) is 9.58. The fraction of sp³-hybridized carbons (Fsp3) is 0.364. The van der Waals surface area contributed by atoms with E-state index in [1.165, 1.54) is 0 Å². The number of nitrogens with two attached hydrogens (primary N) is 1. The zero-order valence-electron chi connectivity index (χ0n) is 16.9. The Morgan fingerprint density at radius 1 is 1.14 bits per heavy atom. The third-order valence-corrected chi connectivity index (χ3v) is 4.79. The predicted molar refractivity (Wildman–Crippen MR) is 109 cm³/mol. The van der Waals surface area contributed by atoms with Crippen LogP contribution in [0.25, 0.3) is 0 Å². The highest BCUT2D eigenvalue weighted by molar-refractivity contribution is 5.96. The fourth-order valence-corrected chi connectivity index (χ4v) is 3.17. The zero-order valence-corrected chi connectivity index (χ0v) is 16.9. The van der Waals surface area contributed by atoms with Crippen molar-refractivity contribution in [2.24, 2.45) is 5.92 Å². The van der Waals surface area contributed by atoms with Crippen LogP contribution in [0.15, 0.2) is 36.4 Å². The molecule has 0 radical (unpaired) electrons. The van der Waals surface area contributed by atoms with E-state index in [0.29, 0.717) is 30.4 Å². The Bertz CT molecular complexity index is 910. The molecule has 29 heavy (non-hydrogen) atoms. The number of hydrogen-bond donors (Lipinski definition) is 2. The minimum Gasteiger partial charge on any atom is -0.486 e. The third-order valence-electron chi connectivity index (χ3n) is 4.79. The van der Waals surface area contributed by atoms with Gasteiger partial charge in [-0.3, -0.25) is 4.79 Å². The summed E-state index contributed by atoms with van der Waals surface area (Å²) in [5, 5.41) is 2.93. The second-order valence-electron chi connectivity index (χ2n) is 7.30. The quantitative estimate of drug-likeness (QED) is 0.573. The molecule has 1 atom stereocenters. The first-order chi connectivity index (χ1) is 13.9. The summed E-state index contributed by atoms with van der Waals surface area (Å²) in [6, 6.07) is 10.5. The number of esters is 1. The smallest absolute Gasteiger partial charge is 0.340 e. The molecular weight excluding hydrogens is 372 g/mol. The van der Waals surface area contributed by atoms with E-state index in [2.05, 4.69) is 5.32 Å². The molecule has 0 spiro atoms. The number of para-hydroxylation sites is 1. The number of nitrogen functional groups attached to an aromatic ring is 1. The number of hydrogen-bond acceptors (Lipinski definition) is 6. The lowest BCUT2D eigenvalue weighted by molar-refractivity contribution is -0.125. The van der Waals surface area contributed by atoms with Crippen molar-refractivity contribution in [2.45, 2.75) is 26.8 Å². The van der Waals surface area contributed by atoms with Crippen molar-refractivity contribution in [3.05, 3.63) is 53.1 Å². The lowest BCUT2D eigenvalue weighted by atomic mass is 9.95. The molecule has 3 N–H and O–H groups in total. The molecule has 0 aliphatic carbocycles. The second-order valence-corrected chi connectivity index (χ2v) is 7.30. The molecule has 7 nitrogen and oxygen atoms in total. The van der Waals surface area contributed by atoms with Crippen LogP contribution in [0.4, 0.5) is 5.69 Å². The molecule has 1 heterocycles. The van der Waals surface area contributed by atoms with Gasteiger partial charge in [-0.1, -0.05) is 32.0 Å². The average molecular weight is 398 g/mol. The van der Waals surface area contributed by atoms with E-state index in [4.69, 9.17) is 19.9 Å². The number of rotatable bonds is 6. The molecule has 3 rings (SSSR count). The Balaban J connectivity index is 1.64. The number of carbonyl (C=O) groups excluding carboxylic acids is 2. The van der Waals surface area contributed by atoms with Crippen LogP contribution in [0, 0.1) is 12.8 Å². The minimum absolute atomic E-state index is 0.115. The van der Waals surface area contributed by atoms with Gasteiger partial charge in [-0.05, 0) is 42.2 Å². The molecule has 154 valence electrons. The van der Waals surface area contributed by atoms with E-state index in [9.17, 15) is 9.59 Å². The van der Waals surface area contributed by atoms with E-state index in [0.717, 1.165) is 11.1 Å². The van der Waals surface area contributed by atoms with Gasteiger partial charge in [0.2, 0.25) is 0 Å². The fourth-order valence-electron chi connectivity index (χ4n) is 3.17. The Morgan fingerprint density at radius 2 is 1.86 bits per heavy atom. The van der Waals surface area contributed by atoms with Gasteiger partial charge in [-0.2, -0.15) is 0 Å². The van der Waals surface area contributed by atoms with Gasteiger partial charge >= 0.3 is 5.97 Å². The van der Waals surface area contributed by atoms with Crippen LogP contribution in [-0.2, 0) is 9.53 Å². The van der Waals surface area contributed by atoms with Gasteiger partial charge in [0.05, 0.1) is 11.6 Å². The first-order valence-electron chi connectivity index (χ1n) is 9.58. The van der Waals surface area contributed by atoms with Gasteiger partial charge in [-0.15, -0.1) is 0 Å². The summed E-state index contributed by atoms with van der Waals surface area (Å²) >= 11 is 0. The molecule has 0 aromatic heterocycles. The highest BCUT2D eigenvalue weighted by atomic mass is 16.6. The van der Waals surface area contributed by atoms with Crippen molar-refractivity contribution in [1.29, 1.82) is 0 Å². The van der Waals surface area contributed by atoms with Crippen LogP contribution >= 0.6 is 0 Å². The maximum Gasteiger partial charge on any atom is 0.340 e. The standard InChI is InChI=1S/C22H26N2O5/c1-13(2)21(15-7-8-17-18(11-15)28-10-9-27-17)24-19(25)12-29-22(26)16-6-4-5-14(3)20(16)23/h4-8,11,13,21H,9-10,12,23H2,1-3H3,(H,24,25)/t21-/m1/s1. The molecule has 0 saturated carbocycles. The SMILES string of the molecule is Cc1cccc(C(=O)OCC(=O)N[C@@H](c2ccc3c(c2)OCCO3)C(C)C)c1N. The van der Waals surface area contributed by atoms with E-state index in [-0.39, 0.29) is 24.1 Å². The minimum atomic E-state index is -0.623.